The molecule has 1 aliphatic rings. The normalized spacial score (nSPS) is 19.6. The Morgan fingerprint density at radius 3 is 2.84 bits per heavy atom. The third-order valence-corrected chi connectivity index (χ3v) is 5.19. The van der Waals surface area contributed by atoms with Gasteiger partial charge in [0.1, 0.15) is 0 Å². The van der Waals surface area contributed by atoms with Gasteiger partial charge in [0.25, 0.3) is 0 Å². The molecule has 0 aromatic carbocycles. The van der Waals surface area contributed by atoms with E-state index in [1.54, 1.807) is 0 Å². The number of nitrogens with one attached hydrogen (secondary N) is 1. The summed E-state index contributed by atoms with van der Waals surface area (Å²) in [6.07, 6.45) is 3.60. The molecule has 0 aliphatic carbocycles. The summed E-state index contributed by atoms with van der Waals surface area (Å²) in [7, 11) is 2.01. The highest BCUT2D eigenvalue weighted by Crippen LogP contribution is 2.33. The second-order valence-corrected chi connectivity index (χ2v) is 6.95. The lowest BCUT2D eigenvalue weighted by Crippen LogP contribution is -2.20. The van der Waals surface area contributed by atoms with E-state index in [0.717, 1.165) is 24.8 Å². The molecule has 1 saturated heterocycles. The number of aromatic nitrogens is 1. The van der Waals surface area contributed by atoms with E-state index in [1.807, 2.05) is 18.4 Å². The third-order valence-electron chi connectivity index (χ3n) is 4.03. The molecule has 0 saturated carbocycles. The molecule has 1 aromatic rings. The molecule has 1 atom stereocenters. The molecular weight excluding hydrogens is 254 g/mol. The minimum atomic E-state index is 0.789. The van der Waals surface area contributed by atoms with Crippen molar-refractivity contribution < 1.29 is 0 Å². The zero-order valence-corrected chi connectivity index (χ0v) is 13.5. The summed E-state index contributed by atoms with van der Waals surface area (Å²) >= 11 is 1.89. The molecule has 4 heteroatoms. The summed E-state index contributed by atoms with van der Waals surface area (Å²) in [5.74, 6) is 1.63. The van der Waals surface area contributed by atoms with Crippen LogP contribution in [0.2, 0.25) is 0 Å². The highest BCUT2D eigenvalue weighted by atomic mass is 32.1. The molecular formula is C15H27N3S. The zero-order chi connectivity index (χ0) is 13.8. The molecule has 1 fully saturated rings. The lowest BCUT2D eigenvalue weighted by Gasteiger charge is -2.16. The maximum atomic E-state index is 4.90. The number of anilines is 1. The largest absolute Gasteiger partial charge is 0.348 e. The maximum Gasteiger partial charge on any atom is 0.185 e. The molecule has 0 bridgehead atoms. The Labute approximate surface area is 121 Å². The van der Waals surface area contributed by atoms with Gasteiger partial charge in [-0.25, -0.2) is 4.98 Å². The summed E-state index contributed by atoms with van der Waals surface area (Å²) in [5, 5.41) is 4.51. The number of hydrogen-bond acceptors (Lipinski definition) is 4. The van der Waals surface area contributed by atoms with Crippen molar-refractivity contribution in [2.24, 2.45) is 11.8 Å². The first kappa shape index (κ1) is 14.8. The van der Waals surface area contributed by atoms with Crippen LogP contribution < -0.4 is 10.2 Å². The van der Waals surface area contributed by atoms with Crippen molar-refractivity contribution in [2.75, 3.05) is 25.0 Å². The lowest BCUT2D eigenvalue weighted by atomic mass is 9.95. The summed E-state index contributed by atoms with van der Waals surface area (Å²) in [6, 6.07) is 0. The van der Waals surface area contributed by atoms with E-state index in [2.05, 4.69) is 31.0 Å². The maximum absolute atomic E-state index is 4.90. The SMILES string of the molecule is CCCc1nc(N2CCC(C(C)C)C2)sc1CNC. The van der Waals surface area contributed by atoms with E-state index in [4.69, 9.17) is 4.98 Å². The zero-order valence-electron chi connectivity index (χ0n) is 12.7. The van der Waals surface area contributed by atoms with Crippen molar-refractivity contribution in [3.8, 4) is 0 Å². The predicted molar refractivity (Wildman–Crippen MR) is 84.0 cm³/mol. The minimum absolute atomic E-state index is 0.789. The number of nitrogens with zero attached hydrogens (tertiary/aromatic N) is 2. The molecule has 2 rings (SSSR count). The van der Waals surface area contributed by atoms with E-state index >= 15 is 0 Å². The van der Waals surface area contributed by atoms with E-state index < -0.39 is 0 Å². The monoisotopic (exact) mass is 281 g/mol. The molecule has 108 valence electrons. The highest BCUT2D eigenvalue weighted by Gasteiger charge is 2.27. The number of thiazole rings is 1. The van der Waals surface area contributed by atoms with E-state index in [0.29, 0.717) is 0 Å². The highest BCUT2D eigenvalue weighted by molar-refractivity contribution is 7.15. The minimum Gasteiger partial charge on any atom is -0.348 e. The van der Waals surface area contributed by atoms with Crippen LogP contribution in [-0.2, 0) is 13.0 Å². The Hall–Kier alpha value is -0.610. The van der Waals surface area contributed by atoms with Crippen molar-refractivity contribution >= 4 is 16.5 Å². The molecule has 1 aromatic heterocycles. The van der Waals surface area contributed by atoms with E-state index in [-0.39, 0.29) is 0 Å². The molecule has 19 heavy (non-hydrogen) atoms. The van der Waals surface area contributed by atoms with Crippen LogP contribution in [0.5, 0.6) is 0 Å². The van der Waals surface area contributed by atoms with Crippen molar-refractivity contribution in [1.29, 1.82) is 0 Å². The molecule has 1 unspecified atom stereocenters. The quantitative estimate of drug-likeness (QED) is 0.867. The Morgan fingerprint density at radius 1 is 1.47 bits per heavy atom. The van der Waals surface area contributed by atoms with Crippen molar-refractivity contribution in [3.63, 3.8) is 0 Å². The van der Waals surface area contributed by atoms with Crippen LogP contribution in [0.3, 0.4) is 0 Å². The Morgan fingerprint density at radius 2 is 2.26 bits per heavy atom. The third kappa shape index (κ3) is 3.48. The smallest absolute Gasteiger partial charge is 0.185 e. The standard InChI is InChI=1S/C15H27N3S/c1-5-6-13-14(9-16-4)19-15(17-13)18-8-7-12(10-18)11(2)3/h11-12,16H,5-10H2,1-4H3. The van der Waals surface area contributed by atoms with Gasteiger partial charge in [0.2, 0.25) is 0 Å². The van der Waals surface area contributed by atoms with Crippen LogP contribution in [0.25, 0.3) is 0 Å². The van der Waals surface area contributed by atoms with Gasteiger partial charge in [0.15, 0.2) is 5.13 Å². The molecule has 3 nitrogen and oxygen atoms in total. The van der Waals surface area contributed by atoms with Gasteiger partial charge < -0.3 is 10.2 Å². The molecule has 2 heterocycles. The summed E-state index contributed by atoms with van der Waals surface area (Å²) in [6.45, 7) is 10.2. The molecule has 1 N–H and O–H groups in total. The van der Waals surface area contributed by atoms with Gasteiger partial charge in [-0.3, -0.25) is 0 Å². The first-order valence-electron chi connectivity index (χ1n) is 7.53. The molecule has 1 aliphatic heterocycles. The van der Waals surface area contributed by atoms with Crippen LogP contribution in [0.15, 0.2) is 0 Å². The van der Waals surface area contributed by atoms with Gasteiger partial charge in [-0.15, -0.1) is 11.3 Å². The number of aryl methyl sites for hydroxylation is 1. The van der Waals surface area contributed by atoms with Crippen LogP contribution in [0.4, 0.5) is 5.13 Å². The molecule has 0 amide bonds. The van der Waals surface area contributed by atoms with Gasteiger partial charge in [-0.05, 0) is 31.7 Å². The molecule has 0 radical (unpaired) electrons. The van der Waals surface area contributed by atoms with E-state index in [1.165, 1.54) is 41.6 Å². The summed E-state index contributed by atoms with van der Waals surface area (Å²) in [5.41, 5.74) is 1.31. The lowest BCUT2D eigenvalue weighted by molar-refractivity contribution is 0.422. The predicted octanol–water partition coefficient (Wildman–Crippen LogP) is 3.30. The second-order valence-electron chi connectivity index (χ2n) is 5.89. The summed E-state index contributed by atoms with van der Waals surface area (Å²) in [4.78, 5) is 8.82. The van der Waals surface area contributed by atoms with Gasteiger partial charge in [-0.2, -0.15) is 0 Å². The van der Waals surface area contributed by atoms with Gasteiger partial charge in [-0.1, -0.05) is 27.2 Å². The number of hydrogen-bond donors (Lipinski definition) is 1. The second kappa shape index (κ2) is 6.71. The summed E-state index contributed by atoms with van der Waals surface area (Å²) < 4.78 is 0. The van der Waals surface area contributed by atoms with Gasteiger partial charge in [0, 0.05) is 24.5 Å². The fourth-order valence-corrected chi connectivity index (χ4v) is 3.89. The number of rotatable bonds is 6. The van der Waals surface area contributed by atoms with E-state index in [9.17, 15) is 0 Å². The van der Waals surface area contributed by atoms with Crippen molar-refractivity contribution in [1.82, 2.24) is 10.3 Å². The Balaban J connectivity index is 2.10. The fraction of sp³-hybridized carbons (Fsp3) is 0.800. The van der Waals surface area contributed by atoms with Crippen LogP contribution in [0.1, 0.15) is 44.2 Å². The van der Waals surface area contributed by atoms with Crippen LogP contribution in [-0.4, -0.2) is 25.1 Å². The first-order chi connectivity index (χ1) is 9.15. The van der Waals surface area contributed by atoms with Crippen molar-refractivity contribution in [2.45, 2.75) is 46.6 Å². The Bertz CT molecular complexity index is 377. The first-order valence-corrected chi connectivity index (χ1v) is 8.35. The average molecular weight is 281 g/mol. The Kier molecular flexibility index (Phi) is 5.22. The van der Waals surface area contributed by atoms with Gasteiger partial charge in [0.05, 0.1) is 5.69 Å². The topological polar surface area (TPSA) is 28.2 Å². The van der Waals surface area contributed by atoms with Gasteiger partial charge >= 0.3 is 0 Å². The molecule has 0 spiro atoms. The van der Waals surface area contributed by atoms with Crippen LogP contribution >= 0.6 is 11.3 Å². The van der Waals surface area contributed by atoms with Crippen molar-refractivity contribution in [3.05, 3.63) is 10.6 Å². The average Bonchev–Trinajstić information content (AvgIpc) is 2.97. The van der Waals surface area contributed by atoms with Crippen LogP contribution in [0, 0.1) is 11.8 Å². The fourth-order valence-electron chi connectivity index (χ4n) is 2.74.